The van der Waals surface area contributed by atoms with Crippen molar-refractivity contribution in [3.8, 4) is 12.1 Å². The van der Waals surface area contributed by atoms with Gasteiger partial charge in [-0.05, 0) is 17.1 Å². The van der Waals surface area contributed by atoms with Crippen LogP contribution in [0.3, 0.4) is 0 Å². The van der Waals surface area contributed by atoms with Gasteiger partial charge in [0.2, 0.25) is 0 Å². The Morgan fingerprint density at radius 3 is 1.78 bits per heavy atom. The predicted molar refractivity (Wildman–Crippen MR) is 178 cm³/mol. The van der Waals surface area contributed by atoms with Crippen molar-refractivity contribution in [2.45, 2.75) is 17.7 Å². The first kappa shape index (κ1) is 52.7. The third-order valence-corrected chi connectivity index (χ3v) is 6.57. The first-order valence-electron chi connectivity index (χ1n) is 11.5. The number of nitriles is 2. The fraction of sp³-hybridized carbons (Fsp3) is 0.200. The maximum absolute atomic E-state index is 9.96. The van der Waals surface area contributed by atoms with Crippen LogP contribution in [0.15, 0.2) is 34.8 Å². The molecule has 4 aromatic rings. The zero-order valence-electron chi connectivity index (χ0n) is 24.9. The van der Waals surface area contributed by atoms with Gasteiger partial charge in [0.15, 0.2) is 20.6 Å². The number of thioether (sulfide) groups is 2. The van der Waals surface area contributed by atoms with Crippen molar-refractivity contribution in [2.75, 3.05) is 30.7 Å². The molecule has 0 aliphatic rings. The Bertz CT molecular complexity index is 1510. The van der Waals surface area contributed by atoms with Crippen LogP contribution in [-0.4, -0.2) is 113 Å². The van der Waals surface area contributed by atoms with Gasteiger partial charge in [0, 0.05) is 12.1 Å². The zero-order chi connectivity index (χ0) is 34.8. The summed E-state index contributed by atoms with van der Waals surface area (Å²) >= 11 is 24.8. The molecule has 3 N–H and O–H groups in total. The fourth-order valence-electron chi connectivity index (χ4n) is 1.85. The number of thiazole rings is 2. The molecule has 0 aliphatic carbocycles. The van der Waals surface area contributed by atoms with Gasteiger partial charge in [0.25, 0.3) is 0 Å². The number of aromatic nitrogens is 6. The summed E-state index contributed by atoms with van der Waals surface area (Å²) < 4.78 is 26.8. The molecule has 0 amide bonds. The van der Waals surface area contributed by atoms with Gasteiger partial charge in [0.1, 0.15) is 43.2 Å². The van der Waals surface area contributed by atoms with Crippen LogP contribution < -0.4 is 72.6 Å². The second-order valence-corrected chi connectivity index (χ2v) is 11.2. The van der Waals surface area contributed by atoms with E-state index < -0.39 is 15.4 Å². The van der Waals surface area contributed by atoms with E-state index in [0.717, 1.165) is 0 Å². The topological polar surface area (TPSA) is 235 Å². The van der Waals surface area contributed by atoms with Gasteiger partial charge < -0.3 is 21.2 Å². The van der Waals surface area contributed by atoms with Gasteiger partial charge in [-0.3, -0.25) is 4.39 Å². The van der Waals surface area contributed by atoms with Crippen LogP contribution in [0.2, 0.25) is 15.5 Å². The Balaban J connectivity index is -0.000000266. The van der Waals surface area contributed by atoms with Crippen LogP contribution in [0.4, 0.5) is 20.5 Å². The van der Waals surface area contributed by atoms with Crippen molar-refractivity contribution in [1.29, 1.82) is 10.5 Å². The molecule has 0 aliphatic heterocycles. The van der Waals surface area contributed by atoms with Gasteiger partial charge in [-0.15, -0.1) is 0 Å². The van der Waals surface area contributed by atoms with E-state index in [1.807, 2.05) is 24.6 Å². The third-order valence-electron chi connectivity index (χ3n) is 3.23. The molecule has 14 nitrogen and oxygen atoms in total. The van der Waals surface area contributed by atoms with E-state index in [0.29, 0.717) is 51.6 Å². The number of nitrogens with zero attached hydrogens (tertiary/aromatic N) is 8. The number of halogens is 4. The van der Waals surface area contributed by atoms with Crippen LogP contribution in [0.5, 0.6) is 0 Å². The maximum atomic E-state index is 9.96. The van der Waals surface area contributed by atoms with Crippen molar-refractivity contribution in [1.82, 2.24) is 29.9 Å². The number of hydrogen-bond acceptors (Lipinski definition) is 18. The average molecular weight is 867 g/mol. The Labute approximate surface area is 386 Å². The summed E-state index contributed by atoms with van der Waals surface area (Å²) in [6, 6.07) is 7.05. The van der Waals surface area contributed by atoms with Crippen LogP contribution in [0.25, 0.3) is 0 Å². The SMILES string of the molecule is C.CSc1nc(Cl)cc(Cl)n1.CSc1nc(Cl)cc(Nc2ncc(C#N)s2)n1.N#Cc1cnc(N)s1.O=[P+]([O-])O[O-].[2H]CF.[K+].[K][K]. The molecule has 0 aromatic carbocycles. The quantitative estimate of drug-likeness (QED) is 0.0553. The molecule has 1 atom stereocenters. The summed E-state index contributed by atoms with van der Waals surface area (Å²) in [5.74, 6) is 0.563. The number of nitrogens with one attached hydrogen (secondary N) is 1. The van der Waals surface area contributed by atoms with E-state index in [-0.39, 0.29) is 58.8 Å². The minimum atomic E-state index is -3.15. The number of anilines is 3. The molecule has 0 fully saturated rings. The van der Waals surface area contributed by atoms with Crippen molar-refractivity contribution >= 4 is 168 Å². The van der Waals surface area contributed by atoms with Crippen LogP contribution in [0, 0.1) is 22.7 Å². The standard InChI is InChI=1S/C9H6ClN5S2.C5H4Cl2N2S.C4H3N3S.CH3F.CH4.3K.HO4P/c1-16-9-13-6(10)2-7(15-9)14-8-12-4-5(3-11)17-8;1-10-5-8-3(6)2-4(7)9-5;5-1-3-2-7-4(6)8-3;1-2;;;;;1-4-5(2)3/h2,4H,1H3,(H,12,13,14,15);2H,1H3;2H,(H2,6,7);1H3;1H4;;;;1H/q;;;;;;;+1;/p-1/i;;;1D;;;;;. The van der Waals surface area contributed by atoms with Crippen LogP contribution in [-0.2, 0) is 9.24 Å². The molecule has 4 rings (SSSR count). The second kappa shape index (κ2) is 35.8. The first-order valence-corrected chi connectivity index (χ1v) is 33.1. The average Bonchev–Trinajstić information content (AvgIpc) is 3.67. The molecule has 26 heteroatoms. The molecular formula is C20H20Cl3FK3N10O4PS4. The Hall–Kier alpha value is 2.39. The molecule has 0 spiro atoms. The number of hydrogen-bond donors (Lipinski definition) is 2. The molecule has 4 heterocycles. The van der Waals surface area contributed by atoms with Crippen LogP contribution >= 0.6 is 89.3 Å². The number of nitrogen functional groups attached to an aromatic ring is 1. The van der Waals surface area contributed by atoms with Crippen molar-refractivity contribution in [3.63, 3.8) is 0 Å². The molecule has 0 saturated carbocycles. The summed E-state index contributed by atoms with van der Waals surface area (Å²) in [5, 5.41) is 31.8. The van der Waals surface area contributed by atoms with E-state index in [2.05, 4.69) is 39.9 Å². The predicted octanol–water partition coefficient (Wildman–Crippen LogP) is 1.79. The normalized spacial score (nSPS) is 9.09. The molecule has 46 heavy (non-hydrogen) atoms. The third kappa shape index (κ3) is 28.0. The Morgan fingerprint density at radius 2 is 1.43 bits per heavy atom. The Morgan fingerprint density at radius 1 is 1.02 bits per heavy atom. The number of alkyl halides is 1. The molecule has 1 unspecified atom stereocenters. The minimum absolute atomic E-state index is 0. The van der Waals surface area contributed by atoms with Gasteiger partial charge in [-0.25, -0.2) is 34.6 Å². The molecule has 0 bridgehead atoms. The van der Waals surface area contributed by atoms with E-state index in [4.69, 9.17) is 67.1 Å². The van der Waals surface area contributed by atoms with E-state index in [9.17, 15) is 4.39 Å². The summed E-state index contributed by atoms with van der Waals surface area (Å²) in [5.41, 5.74) is 5.21. The Kier molecular flexibility index (Phi) is 41.0. The first-order chi connectivity index (χ1) is 21.4. The molecule has 0 saturated heterocycles. The fourth-order valence-corrected chi connectivity index (χ4v) is 4.46. The molecule has 4 aromatic heterocycles. The van der Waals surface area contributed by atoms with E-state index in [1.54, 1.807) is 6.07 Å². The molecular weight excluding hydrogens is 846 g/mol. The van der Waals surface area contributed by atoms with Crippen molar-refractivity contribution in [3.05, 3.63) is 49.7 Å². The monoisotopic (exact) mass is 865 g/mol. The second-order valence-electron chi connectivity index (χ2n) is 5.80. The van der Waals surface area contributed by atoms with Gasteiger partial charge in [-0.2, -0.15) is 10.5 Å². The van der Waals surface area contributed by atoms with Crippen molar-refractivity contribution < 1.29 is 76.5 Å². The van der Waals surface area contributed by atoms with Crippen molar-refractivity contribution in [2.24, 2.45) is 0 Å². The van der Waals surface area contributed by atoms with E-state index in [1.165, 1.54) is 128 Å². The summed E-state index contributed by atoms with van der Waals surface area (Å²) in [7, 11) is -4.15. The van der Waals surface area contributed by atoms with Crippen LogP contribution in [0.1, 0.15) is 18.6 Å². The van der Waals surface area contributed by atoms with E-state index >= 15 is 0 Å². The summed E-state index contributed by atoms with van der Waals surface area (Å²) in [6.45, 7) is 0. The number of rotatable bonds is 5. The molecule has 234 valence electrons. The van der Waals surface area contributed by atoms with Gasteiger partial charge >= 0.3 is 123 Å². The summed E-state index contributed by atoms with van der Waals surface area (Å²) in [6.07, 6.45) is 6.69. The zero-order valence-corrected chi connectivity index (χ0v) is 39.7. The number of nitrogens with two attached hydrogens (primary N) is 1. The summed E-state index contributed by atoms with van der Waals surface area (Å²) in [4.78, 5) is 33.7. The molecule has 0 radical (unpaired) electrons. The van der Waals surface area contributed by atoms with Gasteiger partial charge in [0.05, 0.1) is 20.9 Å². The van der Waals surface area contributed by atoms with Gasteiger partial charge in [-0.1, -0.05) is 88.4 Å².